The highest BCUT2D eigenvalue weighted by Crippen LogP contribution is 2.02. The van der Waals surface area contributed by atoms with Crippen LogP contribution in [0.25, 0.3) is 0 Å². The molecular weight excluding hydrogens is 178 g/mol. The van der Waals surface area contributed by atoms with Crippen molar-refractivity contribution in [3.05, 3.63) is 18.2 Å². The van der Waals surface area contributed by atoms with Gasteiger partial charge in [-0.25, -0.2) is 4.98 Å². The average Bonchev–Trinajstić information content (AvgIpc) is 2.52. The van der Waals surface area contributed by atoms with Gasteiger partial charge in [-0.2, -0.15) is 0 Å². The largest absolute Gasteiger partial charge is 0.395 e. The van der Waals surface area contributed by atoms with Gasteiger partial charge in [0.1, 0.15) is 5.82 Å². The monoisotopic (exact) mass is 197 g/mol. The van der Waals surface area contributed by atoms with Gasteiger partial charge in [0.05, 0.1) is 13.2 Å². The first-order valence-electron chi connectivity index (χ1n) is 4.95. The van der Waals surface area contributed by atoms with Gasteiger partial charge in [-0.1, -0.05) is 13.8 Å². The van der Waals surface area contributed by atoms with Gasteiger partial charge in [0, 0.05) is 25.5 Å². The van der Waals surface area contributed by atoms with Gasteiger partial charge in [0.15, 0.2) is 0 Å². The van der Waals surface area contributed by atoms with Crippen molar-refractivity contribution in [1.82, 2.24) is 14.9 Å². The molecule has 0 aromatic carbocycles. The smallest absolute Gasteiger partial charge is 0.122 e. The van der Waals surface area contributed by atoms with E-state index in [4.69, 9.17) is 5.11 Å². The number of imidazole rings is 1. The summed E-state index contributed by atoms with van der Waals surface area (Å²) in [6.45, 7) is 5.05. The van der Waals surface area contributed by atoms with E-state index in [1.165, 1.54) is 0 Å². The molecule has 1 rings (SSSR count). The molecule has 0 amide bonds. The van der Waals surface area contributed by atoms with Crippen LogP contribution in [0.1, 0.15) is 19.7 Å². The highest BCUT2D eigenvalue weighted by Gasteiger charge is 2.11. The molecule has 0 spiro atoms. The number of aromatic nitrogens is 2. The van der Waals surface area contributed by atoms with Crippen molar-refractivity contribution in [3.63, 3.8) is 0 Å². The van der Waals surface area contributed by atoms with Crippen molar-refractivity contribution < 1.29 is 5.11 Å². The van der Waals surface area contributed by atoms with E-state index in [1.807, 2.05) is 17.8 Å². The first-order valence-corrected chi connectivity index (χ1v) is 4.95. The summed E-state index contributed by atoms with van der Waals surface area (Å²) in [6, 6.07) is 0.145. The molecule has 80 valence electrons. The zero-order valence-electron chi connectivity index (χ0n) is 9.07. The molecule has 0 aliphatic carbocycles. The quantitative estimate of drug-likeness (QED) is 0.724. The predicted molar refractivity (Wildman–Crippen MR) is 55.8 cm³/mol. The average molecular weight is 197 g/mol. The summed E-state index contributed by atoms with van der Waals surface area (Å²) in [7, 11) is 1.97. The molecule has 1 atom stereocenters. The first kappa shape index (κ1) is 11.2. The minimum atomic E-state index is 0.145. The molecule has 0 saturated carbocycles. The summed E-state index contributed by atoms with van der Waals surface area (Å²) < 4.78 is 1.97. The van der Waals surface area contributed by atoms with Crippen LogP contribution in [0.4, 0.5) is 0 Å². The molecule has 4 nitrogen and oxygen atoms in total. The molecule has 1 unspecified atom stereocenters. The molecule has 0 radical (unpaired) electrons. The fourth-order valence-corrected chi connectivity index (χ4v) is 1.30. The molecule has 4 heteroatoms. The maximum absolute atomic E-state index is 9.10. The van der Waals surface area contributed by atoms with E-state index < -0.39 is 0 Å². The Hall–Kier alpha value is -0.870. The third kappa shape index (κ3) is 2.82. The SMILES string of the molecule is CC(C)C(CO)NCc1nccn1C. The summed E-state index contributed by atoms with van der Waals surface area (Å²) in [5, 5.41) is 12.4. The normalized spacial score (nSPS) is 13.5. The molecule has 2 N–H and O–H groups in total. The molecule has 0 aliphatic heterocycles. The van der Waals surface area contributed by atoms with Crippen LogP contribution < -0.4 is 5.32 Å². The van der Waals surface area contributed by atoms with E-state index >= 15 is 0 Å². The standard InChI is InChI=1S/C10H19N3O/c1-8(2)9(7-14)12-6-10-11-4-5-13(10)3/h4-5,8-9,12,14H,6-7H2,1-3H3. The van der Waals surface area contributed by atoms with Crippen molar-refractivity contribution in [2.45, 2.75) is 26.4 Å². The Morgan fingerprint density at radius 2 is 2.29 bits per heavy atom. The number of nitrogens with one attached hydrogen (secondary N) is 1. The van der Waals surface area contributed by atoms with Gasteiger partial charge < -0.3 is 15.0 Å². The van der Waals surface area contributed by atoms with Crippen LogP contribution in [0.5, 0.6) is 0 Å². The summed E-state index contributed by atoms with van der Waals surface area (Å²) in [4.78, 5) is 4.20. The summed E-state index contributed by atoms with van der Waals surface area (Å²) >= 11 is 0. The summed E-state index contributed by atoms with van der Waals surface area (Å²) in [5.74, 6) is 1.42. The Kier molecular flexibility index (Phi) is 4.10. The van der Waals surface area contributed by atoms with Crippen molar-refractivity contribution in [1.29, 1.82) is 0 Å². The topological polar surface area (TPSA) is 50.1 Å². The van der Waals surface area contributed by atoms with Crippen molar-refractivity contribution in [2.75, 3.05) is 6.61 Å². The van der Waals surface area contributed by atoms with Crippen molar-refractivity contribution in [3.8, 4) is 0 Å². The maximum atomic E-state index is 9.10. The Morgan fingerprint density at radius 1 is 1.57 bits per heavy atom. The minimum absolute atomic E-state index is 0.145. The van der Waals surface area contributed by atoms with Gasteiger partial charge in [-0.3, -0.25) is 0 Å². The Balaban J connectivity index is 2.43. The number of rotatable bonds is 5. The fourth-order valence-electron chi connectivity index (χ4n) is 1.30. The summed E-state index contributed by atoms with van der Waals surface area (Å²) in [5.41, 5.74) is 0. The third-order valence-electron chi connectivity index (χ3n) is 2.44. The summed E-state index contributed by atoms with van der Waals surface area (Å²) in [6.07, 6.45) is 3.70. The second-order valence-electron chi connectivity index (χ2n) is 3.87. The molecule has 0 fully saturated rings. The molecule has 14 heavy (non-hydrogen) atoms. The molecule has 0 aliphatic rings. The van der Waals surface area contributed by atoms with Gasteiger partial charge >= 0.3 is 0 Å². The van der Waals surface area contributed by atoms with Gasteiger partial charge in [0.2, 0.25) is 0 Å². The Bertz CT molecular complexity index is 270. The lowest BCUT2D eigenvalue weighted by atomic mass is 10.1. The molecule has 0 saturated heterocycles. The van der Waals surface area contributed by atoms with Crippen LogP contribution in [0.2, 0.25) is 0 Å². The van der Waals surface area contributed by atoms with Crippen LogP contribution in [0.15, 0.2) is 12.4 Å². The number of aliphatic hydroxyl groups excluding tert-OH is 1. The van der Waals surface area contributed by atoms with E-state index in [0.29, 0.717) is 12.5 Å². The predicted octanol–water partition coefficient (Wildman–Crippen LogP) is 0.527. The maximum Gasteiger partial charge on any atom is 0.122 e. The van der Waals surface area contributed by atoms with Crippen LogP contribution >= 0.6 is 0 Å². The molecule has 1 aromatic rings. The lowest BCUT2D eigenvalue weighted by Crippen LogP contribution is -2.37. The van der Waals surface area contributed by atoms with Gasteiger partial charge in [-0.05, 0) is 5.92 Å². The van der Waals surface area contributed by atoms with Crippen molar-refractivity contribution >= 4 is 0 Å². The highest BCUT2D eigenvalue weighted by molar-refractivity contribution is 4.91. The van der Waals surface area contributed by atoms with Crippen molar-refractivity contribution in [2.24, 2.45) is 13.0 Å². The number of aliphatic hydroxyl groups is 1. The molecule has 1 heterocycles. The third-order valence-corrected chi connectivity index (χ3v) is 2.44. The van der Waals surface area contributed by atoms with E-state index in [-0.39, 0.29) is 12.6 Å². The van der Waals surface area contributed by atoms with E-state index in [0.717, 1.165) is 5.82 Å². The highest BCUT2D eigenvalue weighted by atomic mass is 16.3. The van der Waals surface area contributed by atoms with E-state index in [9.17, 15) is 0 Å². The van der Waals surface area contributed by atoms with Gasteiger partial charge in [0.25, 0.3) is 0 Å². The molecule has 0 bridgehead atoms. The lowest BCUT2D eigenvalue weighted by Gasteiger charge is -2.19. The Morgan fingerprint density at radius 3 is 2.71 bits per heavy atom. The van der Waals surface area contributed by atoms with E-state index in [2.05, 4.69) is 24.1 Å². The fraction of sp³-hybridized carbons (Fsp3) is 0.700. The Labute approximate surface area is 85.0 Å². The minimum Gasteiger partial charge on any atom is -0.395 e. The zero-order chi connectivity index (χ0) is 10.6. The second kappa shape index (κ2) is 5.12. The molecular formula is C10H19N3O. The number of aryl methyl sites for hydroxylation is 1. The van der Waals surface area contributed by atoms with Crippen LogP contribution in [-0.4, -0.2) is 27.3 Å². The first-order chi connectivity index (χ1) is 6.65. The number of nitrogens with zero attached hydrogens (tertiary/aromatic N) is 2. The second-order valence-corrected chi connectivity index (χ2v) is 3.87. The molecule has 1 aromatic heterocycles. The van der Waals surface area contributed by atoms with Crippen LogP contribution in [0, 0.1) is 5.92 Å². The lowest BCUT2D eigenvalue weighted by molar-refractivity contribution is 0.209. The zero-order valence-corrected chi connectivity index (χ0v) is 9.07. The van der Waals surface area contributed by atoms with Crippen LogP contribution in [0.3, 0.4) is 0 Å². The van der Waals surface area contributed by atoms with E-state index in [1.54, 1.807) is 6.20 Å². The van der Waals surface area contributed by atoms with Gasteiger partial charge in [-0.15, -0.1) is 0 Å². The number of hydrogen-bond donors (Lipinski definition) is 2. The number of hydrogen-bond acceptors (Lipinski definition) is 3. The van der Waals surface area contributed by atoms with Crippen LogP contribution in [-0.2, 0) is 13.6 Å².